The highest BCUT2D eigenvalue weighted by Crippen LogP contribution is 2.44. The molecule has 4 aromatic rings. The third kappa shape index (κ3) is 4.20. The molecule has 1 aliphatic carbocycles. The maximum absolute atomic E-state index is 12.6. The minimum absolute atomic E-state index is 0.0814. The number of hydrogen-bond donors (Lipinski definition) is 3. The molecule has 7 heteroatoms. The maximum atomic E-state index is 12.6. The smallest absolute Gasteiger partial charge is 0.407 e. The average Bonchev–Trinajstić information content (AvgIpc) is 3.35. The number of aromatic nitrogens is 1. The molecule has 0 bridgehead atoms. The number of carboxylic acids is 1. The number of carbonyl (C=O) groups is 2. The molecule has 1 aromatic heterocycles. The lowest BCUT2D eigenvalue weighted by Gasteiger charge is -2.17. The van der Waals surface area contributed by atoms with Crippen LogP contribution in [0, 0.1) is 3.57 Å². The molecule has 0 spiro atoms. The largest absolute Gasteiger partial charge is 0.480 e. The minimum atomic E-state index is -1.11. The SMILES string of the molecule is O=C(N[C@@H](Cc1c[nH]c2ccc(I)cc12)C(=O)O)OCC1c2ccccc2-c2ccccc21. The van der Waals surface area contributed by atoms with Gasteiger partial charge in [-0.15, -0.1) is 0 Å². The molecular weight excluding hydrogens is 531 g/mol. The molecule has 0 saturated carbocycles. The molecule has 3 aromatic carbocycles. The van der Waals surface area contributed by atoms with Gasteiger partial charge in [-0.2, -0.15) is 0 Å². The Labute approximate surface area is 204 Å². The molecule has 0 fully saturated rings. The Morgan fingerprint density at radius 3 is 2.36 bits per heavy atom. The van der Waals surface area contributed by atoms with Gasteiger partial charge in [0, 0.05) is 33.0 Å². The maximum Gasteiger partial charge on any atom is 0.407 e. The number of fused-ring (bicyclic) bond motifs is 4. The molecule has 1 heterocycles. The van der Waals surface area contributed by atoms with E-state index in [1.165, 1.54) is 0 Å². The lowest BCUT2D eigenvalue weighted by Crippen LogP contribution is -2.42. The van der Waals surface area contributed by atoms with Gasteiger partial charge in [0.15, 0.2) is 0 Å². The number of rotatable bonds is 6. The van der Waals surface area contributed by atoms with Crippen molar-refractivity contribution in [2.24, 2.45) is 0 Å². The quantitative estimate of drug-likeness (QED) is 0.283. The second-order valence-corrected chi connectivity index (χ2v) is 9.31. The molecule has 1 aliphatic rings. The topological polar surface area (TPSA) is 91.4 Å². The van der Waals surface area contributed by atoms with Crippen molar-refractivity contribution >= 4 is 45.6 Å². The molecule has 33 heavy (non-hydrogen) atoms. The Hall–Kier alpha value is -3.33. The number of H-pyrrole nitrogens is 1. The number of carbonyl (C=O) groups excluding carboxylic acids is 1. The fraction of sp³-hybridized carbons (Fsp3) is 0.154. The van der Waals surface area contributed by atoms with Crippen molar-refractivity contribution in [1.29, 1.82) is 0 Å². The average molecular weight is 552 g/mol. The summed E-state index contributed by atoms with van der Waals surface area (Å²) in [7, 11) is 0. The minimum Gasteiger partial charge on any atom is -0.480 e. The lowest BCUT2D eigenvalue weighted by molar-refractivity contribution is -0.139. The summed E-state index contributed by atoms with van der Waals surface area (Å²) >= 11 is 2.22. The van der Waals surface area contributed by atoms with Crippen LogP contribution in [0.25, 0.3) is 22.0 Å². The van der Waals surface area contributed by atoms with E-state index < -0.39 is 18.1 Å². The number of hydrogen-bond acceptors (Lipinski definition) is 3. The summed E-state index contributed by atoms with van der Waals surface area (Å²) in [5.41, 5.74) is 6.24. The van der Waals surface area contributed by atoms with Crippen molar-refractivity contribution in [3.8, 4) is 11.1 Å². The van der Waals surface area contributed by atoms with E-state index in [0.717, 1.165) is 42.3 Å². The van der Waals surface area contributed by atoms with Crippen LogP contribution in [-0.2, 0) is 16.0 Å². The predicted molar refractivity (Wildman–Crippen MR) is 134 cm³/mol. The van der Waals surface area contributed by atoms with E-state index in [0.29, 0.717) is 0 Å². The van der Waals surface area contributed by atoms with Crippen molar-refractivity contribution in [2.45, 2.75) is 18.4 Å². The summed E-state index contributed by atoms with van der Waals surface area (Å²) in [6.45, 7) is 0.136. The second kappa shape index (κ2) is 8.90. The van der Waals surface area contributed by atoms with Crippen LogP contribution in [0.3, 0.4) is 0 Å². The van der Waals surface area contributed by atoms with E-state index >= 15 is 0 Å². The first-order chi connectivity index (χ1) is 16.0. The van der Waals surface area contributed by atoms with Gasteiger partial charge in [0.1, 0.15) is 12.6 Å². The summed E-state index contributed by atoms with van der Waals surface area (Å²) in [5, 5.41) is 13.2. The van der Waals surface area contributed by atoms with Gasteiger partial charge in [0.25, 0.3) is 0 Å². The number of aromatic amines is 1. The van der Waals surface area contributed by atoms with Crippen LogP contribution in [0.1, 0.15) is 22.6 Å². The second-order valence-electron chi connectivity index (χ2n) is 8.07. The highest BCUT2D eigenvalue weighted by atomic mass is 127. The zero-order valence-electron chi connectivity index (χ0n) is 17.5. The first-order valence-electron chi connectivity index (χ1n) is 10.6. The van der Waals surface area contributed by atoms with E-state index in [9.17, 15) is 14.7 Å². The molecule has 3 N–H and O–H groups in total. The summed E-state index contributed by atoms with van der Waals surface area (Å²) in [6, 6.07) is 21.0. The zero-order chi connectivity index (χ0) is 22.9. The molecule has 5 rings (SSSR count). The van der Waals surface area contributed by atoms with Crippen LogP contribution in [0.2, 0.25) is 0 Å². The number of nitrogens with one attached hydrogen (secondary N) is 2. The number of ether oxygens (including phenoxy) is 1. The molecule has 6 nitrogen and oxygen atoms in total. The van der Waals surface area contributed by atoms with Gasteiger partial charge in [-0.05, 0) is 68.6 Å². The number of halogens is 1. The number of aliphatic carboxylic acids is 1. The van der Waals surface area contributed by atoms with Gasteiger partial charge >= 0.3 is 12.1 Å². The molecule has 0 saturated heterocycles. The fourth-order valence-corrected chi connectivity index (χ4v) is 5.01. The number of carboxylic acid groups (broad SMARTS) is 1. The highest BCUT2D eigenvalue weighted by Gasteiger charge is 2.30. The van der Waals surface area contributed by atoms with Gasteiger partial charge in [-0.25, -0.2) is 9.59 Å². The van der Waals surface area contributed by atoms with Gasteiger partial charge in [-0.3, -0.25) is 0 Å². The van der Waals surface area contributed by atoms with E-state index in [1.54, 1.807) is 6.20 Å². The summed E-state index contributed by atoms with van der Waals surface area (Å²) in [4.78, 5) is 27.6. The molecule has 166 valence electrons. The first-order valence-corrected chi connectivity index (χ1v) is 11.7. The van der Waals surface area contributed by atoms with Gasteiger partial charge in [-0.1, -0.05) is 48.5 Å². The van der Waals surface area contributed by atoms with Crippen molar-refractivity contribution in [2.75, 3.05) is 6.61 Å². The molecule has 0 unspecified atom stereocenters. The van der Waals surface area contributed by atoms with Crippen LogP contribution in [0.4, 0.5) is 4.79 Å². The fourth-order valence-electron chi connectivity index (χ4n) is 4.52. The molecule has 1 amide bonds. The van der Waals surface area contributed by atoms with Gasteiger partial charge in [0.05, 0.1) is 0 Å². The van der Waals surface area contributed by atoms with Crippen molar-refractivity contribution < 1.29 is 19.4 Å². The molecule has 1 atom stereocenters. The van der Waals surface area contributed by atoms with Crippen LogP contribution in [-0.4, -0.2) is 34.8 Å². The zero-order valence-corrected chi connectivity index (χ0v) is 19.7. The summed E-state index contributed by atoms with van der Waals surface area (Å²) < 4.78 is 6.58. The Balaban J connectivity index is 1.29. The Morgan fingerprint density at radius 1 is 1.03 bits per heavy atom. The monoisotopic (exact) mass is 552 g/mol. The van der Waals surface area contributed by atoms with Crippen molar-refractivity contribution in [1.82, 2.24) is 10.3 Å². The normalized spacial score (nSPS) is 13.4. The van der Waals surface area contributed by atoms with E-state index in [4.69, 9.17) is 4.74 Å². The van der Waals surface area contributed by atoms with Gasteiger partial charge in [0.2, 0.25) is 0 Å². The van der Waals surface area contributed by atoms with E-state index in [-0.39, 0.29) is 18.9 Å². The van der Waals surface area contributed by atoms with Crippen molar-refractivity contribution in [3.63, 3.8) is 0 Å². The van der Waals surface area contributed by atoms with E-state index in [2.05, 4.69) is 45.0 Å². The van der Waals surface area contributed by atoms with Crippen LogP contribution in [0.15, 0.2) is 72.9 Å². The van der Waals surface area contributed by atoms with Crippen molar-refractivity contribution in [3.05, 3.63) is 93.2 Å². The van der Waals surface area contributed by atoms with Gasteiger partial charge < -0.3 is 20.1 Å². The summed E-state index contributed by atoms with van der Waals surface area (Å²) in [6.07, 6.45) is 1.20. The Morgan fingerprint density at radius 2 is 1.70 bits per heavy atom. The Bertz CT molecular complexity index is 1320. The lowest BCUT2D eigenvalue weighted by atomic mass is 9.98. The first kappa shape index (κ1) is 21.5. The predicted octanol–water partition coefficient (Wildman–Crippen LogP) is 5.31. The summed E-state index contributed by atoms with van der Waals surface area (Å²) in [5.74, 6) is -1.19. The standard InChI is InChI=1S/C26H21IN2O4/c27-16-9-10-23-21(12-16)15(13-28-23)11-24(25(30)31)29-26(32)33-14-22-19-7-3-1-5-17(19)18-6-2-4-8-20(18)22/h1-10,12-13,22,24,28H,11,14H2,(H,29,32)(H,30,31)/t24-/m0/s1. The Kier molecular flexibility index (Phi) is 5.80. The van der Waals surface area contributed by atoms with Crippen LogP contribution >= 0.6 is 22.6 Å². The number of benzene rings is 3. The number of alkyl carbamates (subject to hydrolysis) is 1. The molecular formula is C26H21IN2O4. The number of amides is 1. The molecule has 0 radical (unpaired) electrons. The van der Waals surface area contributed by atoms with Crippen LogP contribution < -0.4 is 5.32 Å². The third-order valence-electron chi connectivity index (χ3n) is 6.09. The molecule has 0 aliphatic heterocycles. The van der Waals surface area contributed by atoms with E-state index in [1.807, 2.05) is 54.6 Å². The highest BCUT2D eigenvalue weighted by molar-refractivity contribution is 14.1. The third-order valence-corrected chi connectivity index (χ3v) is 6.76. The van der Waals surface area contributed by atoms with Crippen LogP contribution in [0.5, 0.6) is 0 Å².